The van der Waals surface area contributed by atoms with Gasteiger partial charge in [-0.05, 0) is 24.5 Å². The number of nitrogen functional groups attached to an aromatic ring is 1. The van der Waals surface area contributed by atoms with E-state index in [-0.39, 0.29) is 5.69 Å². The molecule has 0 saturated carbocycles. The Labute approximate surface area is 115 Å². The number of benzene rings is 2. The van der Waals surface area contributed by atoms with Gasteiger partial charge in [0.25, 0.3) is 5.69 Å². The number of rotatable bonds is 4. The van der Waals surface area contributed by atoms with Crippen molar-refractivity contribution in [3.05, 3.63) is 52.6 Å². The Morgan fingerprint density at radius 2 is 2.00 bits per heavy atom. The molecule has 0 saturated heterocycles. The Balaban J connectivity index is 2.35. The van der Waals surface area contributed by atoms with Crippen LogP contribution in [0.5, 0.6) is 0 Å². The molecule has 0 aliphatic heterocycles. The highest BCUT2D eigenvalue weighted by Crippen LogP contribution is 2.30. The van der Waals surface area contributed by atoms with Crippen LogP contribution in [0.1, 0.15) is 0 Å². The van der Waals surface area contributed by atoms with Gasteiger partial charge in [-0.15, -0.1) is 11.8 Å². The summed E-state index contributed by atoms with van der Waals surface area (Å²) in [6.07, 6.45) is 1.97. The fourth-order valence-electron chi connectivity index (χ4n) is 1.72. The number of thioether (sulfide) groups is 1. The monoisotopic (exact) mass is 275 g/mol. The lowest BCUT2D eigenvalue weighted by Gasteiger charge is -2.10. The van der Waals surface area contributed by atoms with E-state index in [1.807, 2.05) is 30.5 Å². The van der Waals surface area contributed by atoms with E-state index in [0.717, 1.165) is 10.6 Å². The van der Waals surface area contributed by atoms with Gasteiger partial charge in [-0.3, -0.25) is 10.1 Å². The second kappa shape index (κ2) is 5.62. The lowest BCUT2D eigenvalue weighted by atomic mass is 10.2. The molecule has 0 aromatic heterocycles. The second-order valence-electron chi connectivity index (χ2n) is 3.90. The molecule has 0 aliphatic rings. The first-order chi connectivity index (χ1) is 9.10. The first-order valence-electron chi connectivity index (χ1n) is 5.55. The van der Waals surface area contributed by atoms with Crippen LogP contribution in [-0.4, -0.2) is 11.2 Å². The van der Waals surface area contributed by atoms with Crippen LogP contribution in [0.3, 0.4) is 0 Å². The number of nitro benzene ring substituents is 1. The lowest BCUT2D eigenvalue weighted by Crippen LogP contribution is -1.97. The molecule has 0 unspecified atom stereocenters. The topological polar surface area (TPSA) is 81.2 Å². The van der Waals surface area contributed by atoms with Crippen LogP contribution in [0.4, 0.5) is 22.7 Å². The molecule has 0 fully saturated rings. The molecule has 0 bridgehead atoms. The maximum Gasteiger partial charge on any atom is 0.273 e. The van der Waals surface area contributed by atoms with Crippen LogP contribution >= 0.6 is 11.8 Å². The molecule has 2 rings (SSSR count). The fourth-order valence-corrected chi connectivity index (χ4v) is 2.27. The summed E-state index contributed by atoms with van der Waals surface area (Å²) in [5.74, 6) is 0. The predicted molar refractivity (Wildman–Crippen MR) is 79.0 cm³/mol. The number of nitrogens with one attached hydrogen (secondary N) is 1. The average Bonchev–Trinajstić information content (AvgIpc) is 2.38. The summed E-state index contributed by atoms with van der Waals surface area (Å²) in [7, 11) is 0. The molecule has 2 aromatic rings. The highest BCUT2D eigenvalue weighted by atomic mass is 32.2. The van der Waals surface area contributed by atoms with Crippen molar-refractivity contribution in [3.63, 3.8) is 0 Å². The van der Waals surface area contributed by atoms with Gasteiger partial charge in [-0.1, -0.05) is 12.1 Å². The average molecular weight is 275 g/mol. The van der Waals surface area contributed by atoms with Crippen molar-refractivity contribution in [1.29, 1.82) is 0 Å². The minimum atomic E-state index is -0.456. The molecule has 0 spiro atoms. The summed E-state index contributed by atoms with van der Waals surface area (Å²) in [5.41, 5.74) is 7.51. The Kier molecular flexibility index (Phi) is 3.91. The van der Waals surface area contributed by atoms with Gasteiger partial charge >= 0.3 is 0 Å². The molecule has 6 heteroatoms. The Morgan fingerprint density at radius 3 is 2.68 bits per heavy atom. The smallest absolute Gasteiger partial charge is 0.273 e. The van der Waals surface area contributed by atoms with Crippen LogP contribution in [-0.2, 0) is 0 Å². The van der Waals surface area contributed by atoms with Crippen LogP contribution in [0, 0.1) is 10.1 Å². The molecule has 5 nitrogen and oxygen atoms in total. The SMILES string of the molecule is CSc1ccccc1Nc1cc(N)cc([N+](=O)[O-])c1. The predicted octanol–water partition coefficient (Wildman–Crippen LogP) is 3.64. The number of hydrogen-bond acceptors (Lipinski definition) is 5. The van der Waals surface area contributed by atoms with Crippen molar-refractivity contribution in [2.24, 2.45) is 0 Å². The van der Waals surface area contributed by atoms with E-state index in [0.29, 0.717) is 11.4 Å². The largest absolute Gasteiger partial charge is 0.398 e. The molecule has 0 amide bonds. The summed E-state index contributed by atoms with van der Waals surface area (Å²) < 4.78 is 0. The molecule has 0 atom stereocenters. The normalized spacial score (nSPS) is 10.2. The van der Waals surface area contributed by atoms with E-state index in [4.69, 9.17) is 5.73 Å². The number of nitro groups is 1. The Morgan fingerprint density at radius 1 is 1.26 bits per heavy atom. The van der Waals surface area contributed by atoms with E-state index in [1.165, 1.54) is 12.1 Å². The standard InChI is InChI=1S/C13H13N3O2S/c1-19-13-5-3-2-4-12(13)15-10-6-9(14)7-11(8-10)16(17)18/h2-8,15H,14H2,1H3. The second-order valence-corrected chi connectivity index (χ2v) is 4.74. The van der Waals surface area contributed by atoms with Crippen molar-refractivity contribution >= 4 is 34.5 Å². The zero-order valence-corrected chi connectivity index (χ0v) is 11.1. The number of anilines is 3. The first-order valence-corrected chi connectivity index (χ1v) is 6.77. The lowest BCUT2D eigenvalue weighted by molar-refractivity contribution is -0.384. The number of para-hydroxylation sites is 1. The third-order valence-electron chi connectivity index (χ3n) is 2.54. The zero-order chi connectivity index (χ0) is 13.8. The number of hydrogen-bond donors (Lipinski definition) is 2. The van der Waals surface area contributed by atoms with Crippen molar-refractivity contribution in [2.75, 3.05) is 17.3 Å². The van der Waals surface area contributed by atoms with Gasteiger partial charge in [0.15, 0.2) is 0 Å². The minimum Gasteiger partial charge on any atom is -0.398 e. The quantitative estimate of drug-likeness (QED) is 0.385. The van der Waals surface area contributed by atoms with Crippen LogP contribution in [0.25, 0.3) is 0 Å². The summed E-state index contributed by atoms with van der Waals surface area (Å²) in [6, 6.07) is 12.2. The molecule has 3 N–H and O–H groups in total. The maximum atomic E-state index is 10.8. The molecule has 0 aliphatic carbocycles. The van der Waals surface area contributed by atoms with Crippen molar-refractivity contribution in [2.45, 2.75) is 4.90 Å². The van der Waals surface area contributed by atoms with Gasteiger partial charge in [-0.2, -0.15) is 0 Å². The van der Waals surface area contributed by atoms with Crippen LogP contribution < -0.4 is 11.1 Å². The van der Waals surface area contributed by atoms with Crippen molar-refractivity contribution < 1.29 is 4.92 Å². The fraction of sp³-hybridized carbons (Fsp3) is 0.0769. The van der Waals surface area contributed by atoms with Crippen LogP contribution in [0.2, 0.25) is 0 Å². The first kappa shape index (κ1) is 13.2. The van der Waals surface area contributed by atoms with Gasteiger partial charge in [0.2, 0.25) is 0 Å². The number of non-ortho nitro benzene ring substituents is 1. The third kappa shape index (κ3) is 3.17. The Bertz CT molecular complexity index is 617. The molecule has 19 heavy (non-hydrogen) atoms. The van der Waals surface area contributed by atoms with Crippen molar-refractivity contribution in [3.8, 4) is 0 Å². The van der Waals surface area contributed by atoms with E-state index in [2.05, 4.69) is 5.32 Å². The zero-order valence-electron chi connectivity index (χ0n) is 10.3. The van der Waals surface area contributed by atoms with Gasteiger partial charge in [-0.25, -0.2) is 0 Å². The highest BCUT2D eigenvalue weighted by molar-refractivity contribution is 7.98. The van der Waals surface area contributed by atoms with E-state index in [9.17, 15) is 10.1 Å². The molecule has 0 radical (unpaired) electrons. The van der Waals surface area contributed by atoms with E-state index in [1.54, 1.807) is 17.8 Å². The summed E-state index contributed by atoms with van der Waals surface area (Å²) in [4.78, 5) is 11.4. The maximum absolute atomic E-state index is 10.8. The molecular formula is C13H13N3O2S. The molecule has 0 heterocycles. The summed E-state index contributed by atoms with van der Waals surface area (Å²) in [6.45, 7) is 0. The van der Waals surface area contributed by atoms with E-state index < -0.39 is 4.92 Å². The highest BCUT2D eigenvalue weighted by Gasteiger charge is 2.09. The van der Waals surface area contributed by atoms with Gasteiger partial charge < -0.3 is 11.1 Å². The van der Waals surface area contributed by atoms with Crippen LogP contribution in [0.15, 0.2) is 47.4 Å². The summed E-state index contributed by atoms with van der Waals surface area (Å²) in [5, 5.41) is 14.0. The van der Waals surface area contributed by atoms with E-state index >= 15 is 0 Å². The Hall–Kier alpha value is -2.21. The minimum absolute atomic E-state index is 0.0240. The molecular weight excluding hydrogens is 262 g/mol. The van der Waals surface area contributed by atoms with Gasteiger partial charge in [0.05, 0.1) is 10.6 Å². The number of nitrogens with zero attached hydrogens (tertiary/aromatic N) is 1. The number of nitrogens with two attached hydrogens (primary N) is 1. The van der Waals surface area contributed by atoms with Gasteiger partial charge in [0.1, 0.15) is 0 Å². The van der Waals surface area contributed by atoms with Crippen molar-refractivity contribution in [1.82, 2.24) is 0 Å². The van der Waals surface area contributed by atoms with Gasteiger partial charge in [0, 0.05) is 28.4 Å². The molecule has 2 aromatic carbocycles. The molecule has 98 valence electrons. The third-order valence-corrected chi connectivity index (χ3v) is 3.33. The summed E-state index contributed by atoms with van der Waals surface area (Å²) >= 11 is 1.60.